The number of esters is 1. The van der Waals surface area contributed by atoms with Gasteiger partial charge in [-0.05, 0) is 23.9 Å². The highest BCUT2D eigenvalue weighted by molar-refractivity contribution is 8.00. The molecule has 0 N–H and O–H groups in total. The van der Waals surface area contributed by atoms with E-state index in [1.54, 1.807) is 0 Å². The van der Waals surface area contributed by atoms with Gasteiger partial charge in [-0.2, -0.15) is 18.4 Å². The van der Waals surface area contributed by atoms with E-state index in [-0.39, 0.29) is 0 Å². The Labute approximate surface area is 103 Å². The average molecular weight is 279 g/mol. The molecular weight excluding hydrogens is 274 g/mol. The summed E-state index contributed by atoms with van der Waals surface area (Å²) in [5.74, 6) is -2.35. The maximum Gasteiger partial charge on any atom is 0.446 e. The number of ether oxygens (including phenoxy) is 1. The summed E-state index contributed by atoms with van der Waals surface area (Å²) in [4.78, 5) is 10.7. The molecule has 0 bridgehead atoms. The van der Waals surface area contributed by atoms with Crippen molar-refractivity contribution in [2.75, 3.05) is 7.11 Å². The van der Waals surface area contributed by atoms with Gasteiger partial charge in [0, 0.05) is 4.90 Å². The van der Waals surface area contributed by atoms with Gasteiger partial charge in [0.1, 0.15) is 17.4 Å². The van der Waals surface area contributed by atoms with E-state index in [1.807, 2.05) is 0 Å². The first-order chi connectivity index (χ1) is 8.28. The molecule has 0 heterocycles. The number of hydrogen-bond donors (Lipinski definition) is 0. The third-order valence-corrected chi connectivity index (χ3v) is 2.51. The topological polar surface area (TPSA) is 50.1 Å². The first-order valence-electron chi connectivity index (χ1n) is 4.36. The fraction of sp³-hybridized carbons (Fsp3) is 0.200. The average Bonchev–Trinajstić information content (AvgIpc) is 2.24. The van der Waals surface area contributed by atoms with Gasteiger partial charge in [-0.1, -0.05) is 0 Å². The van der Waals surface area contributed by atoms with Crippen molar-refractivity contribution in [3.63, 3.8) is 0 Å². The molecule has 0 saturated heterocycles. The Morgan fingerprint density at radius 1 is 1.44 bits per heavy atom. The van der Waals surface area contributed by atoms with Crippen LogP contribution in [-0.4, -0.2) is 18.6 Å². The fourth-order valence-corrected chi connectivity index (χ4v) is 1.78. The molecule has 0 radical (unpaired) electrons. The van der Waals surface area contributed by atoms with E-state index in [4.69, 9.17) is 5.26 Å². The van der Waals surface area contributed by atoms with Crippen LogP contribution in [0.1, 0.15) is 15.9 Å². The number of rotatable bonds is 2. The zero-order valence-corrected chi connectivity index (χ0v) is 9.66. The van der Waals surface area contributed by atoms with Crippen LogP contribution in [-0.2, 0) is 4.74 Å². The number of nitriles is 1. The summed E-state index contributed by atoms with van der Waals surface area (Å²) in [6, 6.07) is 2.77. The molecule has 0 spiro atoms. The Bertz CT molecular complexity index is 522. The van der Waals surface area contributed by atoms with Crippen LogP contribution in [0.2, 0.25) is 0 Å². The van der Waals surface area contributed by atoms with Crippen molar-refractivity contribution < 1.29 is 27.1 Å². The molecule has 0 aliphatic carbocycles. The summed E-state index contributed by atoms with van der Waals surface area (Å²) >= 11 is -0.571. The van der Waals surface area contributed by atoms with Gasteiger partial charge in [0.25, 0.3) is 0 Å². The van der Waals surface area contributed by atoms with Crippen molar-refractivity contribution in [2.45, 2.75) is 10.4 Å². The van der Waals surface area contributed by atoms with Crippen LogP contribution in [0.25, 0.3) is 0 Å². The van der Waals surface area contributed by atoms with E-state index in [0.717, 1.165) is 13.2 Å². The van der Waals surface area contributed by atoms with Gasteiger partial charge in [0.2, 0.25) is 0 Å². The third kappa shape index (κ3) is 3.37. The lowest BCUT2D eigenvalue weighted by Gasteiger charge is -2.08. The first kappa shape index (κ1) is 14.3. The van der Waals surface area contributed by atoms with Crippen molar-refractivity contribution in [2.24, 2.45) is 0 Å². The number of methoxy groups -OCH3 is 1. The van der Waals surface area contributed by atoms with Crippen LogP contribution >= 0.6 is 11.8 Å². The number of thioether (sulfide) groups is 1. The molecule has 3 nitrogen and oxygen atoms in total. The zero-order chi connectivity index (χ0) is 13.9. The van der Waals surface area contributed by atoms with E-state index in [9.17, 15) is 22.4 Å². The Hall–Kier alpha value is -1.75. The third-order valence-electron chi connectivity index (χ3n) is 1.81. The van der Waals surface area contributed by atoms with Crippen LogP contribution < -0.4 is 0 Å². The molecule has 0 amide bonds. The Balaban J connectivity index is 3.29. The quantitative estimate of drug-likeness (QED) is 0.474. The Morgan fingerprint density at radius 2 is 2.06 bits per heavy atom. The number of carbonyl (C=O) groups excluding carboxylic acids is 1. The second-order valence-electron chi connectivity index (χ2n) is 2.98. The normalized spacial score (nSPS) is 10.9. The van der Waals surface area contributed by atoms with Gasteiger partial charge >= 0.3 is 11.5 Å². The maximum atomic E-state index is 13.5. The predicted molar refractivity (Wildman–Crippen MR) is 54.4 cm³/mol. The van der Waals surface area contributed by atoms with Crippen LogP contribution in [0.3, 0.4) is 0 Å². The summed E-state index contributed by atoms with van der Waals surface area (Å²) in [6.45, 7) is 0. The summed E-state index contributed by atoms with van der Waals surface area (Å²) in [6.07, 6.45) is 0. The van der Waals surface area contributed by atoms with Crippen molar-refractivity contribution in [3.05, 3.63) is 29.1 Å². The molecule has 0 aliphatic rings. The molecule has 96 valence electrons. The maximum absolute atomic E-state index is 13.5. The van der Waals surface area contributed by atoms with Gasteiger partial charge < -0.3 is 4.74 Å². The molecule has 0 aliphatic heterocycles. The lowest BCUT2D eigenvalue weighted by molar-refractivity contribution is -0.0328. The van der Waals surface area contributed by atoms with Gasteiger partial charge in [0.15, 0.2) is 0 Å². The van der Waals surface area contributed by atoms with E-state index in [1.165, 1.54) is 6.07 Å². The molecular formula is C10H5F4NO2S. The Morgan fingerprint density at radius 3 is 2.50 bits per heavy atom. The van der Waals surface area contributed by atoms with Gasteiger partial charge in [0.05, 0.1) is 12.7 Å². The van der Waals surface area contributed by atoms with E-state index < -0.39 is 45.1 Å². The molecule has 18 heavy (non-hydrogen) atoms. The molecule has 0 atom stereocenters. The number of benzene rings is 1. The van der Waals surface area contributed by atoms with E-state index in [0.29, 0.717) is 6.07 Å². The van der Waals surface area contributed by atoms with Crippen molar-refractivity contribution in [1.82, 2.24) is 0 Å². The number of carbonyl (C=O) groups is 1. The molecule has 1 rings (SSSR count). The van der Waals surface area contributed by atoms with E-state index in [2.05, 4.69) is 4.74 Å². The highest BCUT2D eigenvalue weighted by Crippen LogP contribution is 2.38. The predicted octanol–water partition coefficient (Wildman–Crippen LogP) is 3.10. The monoisotopic (exact) mass is 279 g/mol. The largest absolute Gasteiger partial charge is 0.465 e. The summed E-state index contributed by atoms with van der Waals surface area (Å²) in [7, 11) is 0.974. The van der Waals surface area contributed by atoms with Crippen LogP contribution in [0, 0.1) is 17.1 Å². The number of halogens is 4. The SMILES string of the molecule is COC(=O)c1c(F)cc(SC(F)(F)F)cc1C#N. The van der Waals surface area contributed by atoms with Crippen LogP contribution in [0.15, 0.2) is 17.0 Å². The number of hydrogen-bond acceptors (Lipinski definition) is 4. The fourth-order valence-electron chi connectivity index (χ4n) is 1.17. The zero-order valence-electron chi connectivity index (χ0n) is 8.84. The minimum Gasteiger partial charge on any atom is -0.465 e. The van der Waals surface area contributed by atoms with Crippen LogP contribution in [0.5, 0.6) is 0 Å². The van der Waals surface area contributed by atoms with Crippen molar-refractivity contribution in [1.29, 1.82) is 5.26 Å². The van der Waals surface area contributed by atoms with Gasteiger partial charge in [-0.25, -0.2) is 9.18 Å². The lowest BCUT2D eigenvalue weighted by Crippen LogP contribution is -2.08. The van der Waals surface area contributed by atoms with Gasteiger partial charge in [-0.3, -0.25) is 0 Å². The minimum absolute atomic E-state index is 0.506. The number of nitrogens with zero attached hydrogens (tertiary/aromatic N) is 1. The smallest absolute Gasteiger partial charge is 0.446 e. The molecule has 0 fully saturated rings. The molecule has 0 aromatic heterocycles. The number of alkyl halides is 3. The van der Waals surface area contributed by atoms with Crippen LogP contribution in [0.4, 0.5) is 17.6 Å². The molecule has 0 unspecified atom stereocenters. The highest BCUT2D eigenvalue weighted by atomic mass is 32.2. The summed E-state index contributed by atoms with van der Waals surface area (Å²) in [5.41, 5.74) is -5.79. The van der Waals surface area contributed by atoms with Crippen molar-refractivity contribution >= 4 is 17.7 Å². The van der Waals surface area contributed by atoms with Crippen molar-refractivity contribution in [3.8, 4) is 6.07 Å². The molecule has 0 saturated carbocycles. The standard InChI is InChI=1S/C10H5F4NO2S/c1-17-9(16)8-5(4-15)2-6(3-7(8)11)18-10(12,13)14/h2-3H,1H3. The van der Waals surface area contributed by atoms with E-state index >= 15 is 0 Å². The highest BCUT2D eigenvalue weighted by Gasteiger charge is 2.30. The van der Waals surface area contributed by atoms with Gasteiger partial charge in [-0.15, -0.1) is 0 Å². The summed E-state index contributed by atoms with van der Waals surface area (Å²) < 4.78 is 54.0. The second kappa shape index (κ2) is 5.27. The Kier molecular flexibility index (Phi) is 4.19. The molecule has 1 aromatic carbocycles. The minimum atomic E-state index is -4.61. The molecule has 1 aromatic rings. The second-order valence-corrected chi connectivity index (χ2v) is 4.12. The molecule has 8 heteroatoms. The first-order valence-corrected chi connectivity index (χ1v) is 5.18. The summed E-state index contributed by atoms with van der Waals surface area (Å²) in [5, 5.41) is 8.70. The lowest BCUT2D eigenvalue weighted by atomic mass is 10.1.